The molecule has 0 radical (unpaired) electrons. The van der Waals surface area contributed by atoms with Crippen molar-refractivity contribution in [2.24, 2.45) is 0 Å². The number of carbonyl (C=O) groups excluding carboxylic acids is 1. The van der Waals surface area contributed by atoms with Crippen LogP contribution >= 0.6 is 11.6 Å². The molecule has 0 spiro atoms. The molecule has 8 heteroatoms. The number of nitriles is 1. The summed E-state index contributed by atoms with van der Waals surface area (Å²) in [6.45, 7) is 2.40. The number of ether oxygens (including phenoxy) is 1. The molecule has 3 aliphatic rings. The van der Waals surface area contributed by atoms with Gasteiger partial charge in [0.2, 0.25) is 0 Å². The van der Waals surface area contributed by atoms with E-state index in [0.717, 1.165) is 37.1 Å². The van der Waals surface area contributed by atoms with Crippen molar-refractivity contribution in [2.45, 2.75) is 43.9 Å². The third-order valence-electron chi connectivity index (χ3n) is 5.51. The van der Waals surface area contributed by atoms with Crippen LogP contribution in [0.3, 0.4) is 0 Å². The number of fused-ring (bicyclic) bond motifs is 3. The van der Waals surface area contributed by atoms with Crippen LogP contribution in [0, 0.1) is 11.5 Å². The summed E-state index contributed by atoms with van der Waals surface area (Å²) in [5.74, 6) is 0.847. The molecule has 3 atom stereocenters. The van der Waals surface area contributed by atoms with Crippen molar-refractivity contribution in [3.8, 4) is 11.9 Å². The summed E-state index contributed by atoms with van der Waals surface area (Å²) in [6.07, 6.45) is 5.14. The molecule has 2 N–H and O–H groups in total. The van der Waals surface area contributed by atoms with Crippen LogP contribution in [0.2, 0.25) is 5.02 Å². The van der Waals surface area contributed by atoms with E-state index in [-0.39, 0.29) is 18.1 Å². The maximum absolute atomic E-state index is 12.3. The highest BCUT2D eigenvalue weighted by molar-refractivity contribution is 6.30. The van der Waals surface area contributed by atoms with Gasteiger partial charge in [-0.05, 0) is 37.5 Å². The molecule has 2 saturated heterocycles. The number of benzene rings is 1. The Bertz CT molecular complexity index is 737. The van der Waals surface area contributed by atoms with Crippen molar-refractivity contribution in [3.05, 3.63) is 28.8 Å². The molecule has 4 rings (SSSR count). The van der Waals surface area contributed by atoms with E-state index in [1.807, 2.05) is 23.1 Å². The van der Waals surface area contributed by atoms with Crippen LogP contribution in [0.25, 0.3) is 0 Å². The first-order valence-corrected chi connectivity index (χ1v) is 9.38. The van der Waals surface area contributed by atoms with Crippen LogP contribution in [-0.4, -0.2) is 53.8 Å². The third kappa shape index (κ3) is 3.39. The van der Waals surface area contributed by atoms with Gasteiger partial charge in [0.25, 0.3) is 0 Å². The van der Waals surface area contributed by atoms with Crippen molar-refractivity contribution in [1.29, 1.82) is 5.26 Å². The van der Waals surface area contributed by atoms with E-state index in [9.17, 15) is 10.1 Å². The summed E-state index contributed by atoms with van der Waals surface area (Å²) in [5.41, 5.74) is 1.02. The van der Waals surface area contributed by atoms with Gasteiger partial charge >= 0.3 is 6.03 Å². The van der Waals surface area contributed by atoms with Gasteiger partial charge in [-0.25, -0.2) is 4.79 Å². The van der Waals surface area contributed by atoms with E-state index in [1.54, 1.807) is 0 Å². The number of rotatable bonds is 3. The molecular formula is C18H22ClN5O2. The van der Waals surface area contributed by atoms with Crippen LogP contribution in [0.4, 0.5) is 4.79 Å². The van der Waals surface area contributed by atoms with Crippen LogP contribution in [0.5, 0.6) is 5.75 Å². The SMILES string of the molecule is N#CN1[C@H]2CC[C@@H]1[C@H](NC(=O)NCN1CCOc3ccc(Cl)cc3C1)C2. The Labute approximate surface area is 157 Å². The van der Waals surface area contributed by atoms with Crippen molar-refractivity contribution in [1.82, 2.24) is 20.4 Å². The van der Waals surface area contributed by atoms with E-state index in [1.165, 1.54) is 0 Å². The maximum Gasteiger partial charge on any atom is 0.316 e. The standard InChI is InChI=1S/C18H22ClN5O2/c19-13-1-4-17-12(7-13)9-23(5-6-26-17)11-21-18(25)22-15-8-14-2-3-16(15)24(14)10-20/h1,4,7,14-16H,2-3,5-6,8-9,11H2,(H2,21,22,25)/t14-,15+,16+/m0/s1. The van der Waals surface area contributed by atoms with Gasteiger partial charge < -0.3 is 20.3 Å². The van der Waals surface area contributed by atoms with Gasteiger partial charge in [-0.1, -0.05) is 11.6 Å². The molecule has 0 aromatic heterocycles. The molecular weight excluding hydrogens is 354 g/mol. The quantitative estimate of drug-likeness (QED) is 0.788. The summed E-state index contributed by atoms with van der Waals surface area (Å²) < 4.78 is 5.74. The monoisotopic (exact) mass is 375 g/mol. The number of urea groups is 1. The normalized spacial score (nSPS) is 27.2. The van der Waals surface area contributed by atoms with Crippen LogP contribution in [0.15, 0.2) is 18.2 Å². The lowest BCUT2D eigenvalue weighted by atomic mass is 9.96. The molecule has 2 fully saturated rings. The molecule has 3 heterocycles. The van der Waals surface area contributed by atoms with Crippen molar-refractivity contribution in [3.63, 3.8) is 0 Å². The second kappa shape index (κ2) is 7.22. The van der Waals surface area contributed by atoms with Gasteiger partial charge in [0.15, 0.2) is 6.19 Å². The molecule has 0 saturated carbocycles. The van der Waals surface area contributed by atoms with Gasteiger partial charge in [-0.2, -0.15) is 5.26 Å². The number of nitrogens with zero attached hydrogens (tertiary/aromatic N) is 3. The largest absolute Gasteiger partial charge is 0.492 e. The van der Waals surface area contributed by atoms with Gasteiger partial charge in [0.05, 0.1) is 18.8 Å². The zero-order valence-electron chi connectivity index (χ0n) is 14.4. The van der Waals surface area contributed by atoms with E-state index >= 15 is 0 Å². The van der Waals surface area contributed by atoms with Gasteiger partial charge in [-0.15, -0.1) is 0 Å². The summed E-state index contributed by atoms with van der Waals surface area (Å²) in [5, 5.41) is 15.9. The molecule has 1 aromatic carbocycles. The number of halogens is 1. The Morgan fingerprint density at radius 3 is 3.12 bits per heavy atom. The van der Waals surface area contributed by atoms with Crippen LogP contribution in [0.1, 0.15) is 24.8 Å². The Hall–Kier alpha value is -2.17. The molecule has 1 aromatic rings. The predicted octanol–water partition coefficient (Wildman–Crippen LogP) is 1.88. The minimum Gasteiger partial charge on any atom is -0.492 e. The smallest absolute Gasteiger partial charge is 0.316 e. The molecule has 2 amide bonds. The highest BCUT2D eigenvalue weighted by Gasteiger charge is 2.46. The second-order valence-corrected chi connectivity index (χ2v) is 7.55. The summed E-state index contributed by atoms with van der Waals surface area (Å²) >= 11 is 6.07. The second-order valence-electron chi connectivity index (χ2n) is 7.11. The van der Waals surface area contributed by atoms with Crippen molar-refractivity contribution >= 4 is 17.6 Å². The summed E-state index contributed by atoms with van der Waals surface area (Å²) in [7, 11) is 0. The number of hydrogen-bond acceptors (Lipinski definition) is 5. The van der Waals surface area contributed by atoms with Gasteiger partial charge in [-0.3, -0.25) is 4.90 Å². The van der Waals surface area contributed by atoms with Gasteiger partial charge in [0.1, 0.15) is 12.4 Å². The molecule has 138 valence electrons. The van der Waals surface area contributed by atoms with Gasteiger partial charge in [0, 0.05) is 29.7 Å². The summed E-state index contributed by atoms with van der Waals surface area (Å²) in [6, 6.07) is 5.92. The zero-order valence-corrected chi connectivity index (χ0v) is 15.2. The van der Waals surface area contributed by atoms with Crippen LogP contribution in [-0.2, 0) is 6.54 Å². The Kier molecular flexibility index (Phi) is 4.79. The van der Waals surface area contributed by atoms with E-state index in [0.29, 0.717) is 30.9 Å². The van der Waals surface area contributed by atoms with E-state index in [4.69, 9.17) is 16.3 Å². The van der Waals surface area contributed by atoms with Crippen molar-refractivity contribution in [2.75, 3.05) is 19.8 Å². The highest BCUT2D eigenvalue weighted by Crippen LogP contribution is 2.36. The lowest BCUT2D eigenvalue weighted by molar-refractivity contribution is 0.199. The predicted molar refractivity (Wildman–Crippen MR) is 96.6 cm³/mol. The first kappa shape index (κ1) is 17.3. The molecule has 7 nitrogen and oxygen atoms in total. The molecule has 2 bridgehead atoms. The summed E-state index contributed by atoms with van der Waals surface area (Å²) in [4.78, 5) is 16.3. The first-order valence-electron chi connectivity index (χ1n) is 9.00. The zero-order chi connectivity index (χ0) is 18.1. The third-order valence-corrected chi connectivity index (χ3v) is 5.75. The molecule has 26 heavy (non-hydrogen) atoms. The minimum absolute atomic E-state index is 0.0559. The Morgan fingerprint density at radius 2 is 2.31 bits per heavy atom. The Balaban J connectivity index is 1.29. The molecule has 0 aliphatic carbocycles. The maximum atomic E-state index is 12.3. The number of carbonyl (C=O) groups is 1. The fraction of sp³-hybridized carbons (Fsp3) is 0.556. The molecule has 0 unspecified atom stereocenters. The average Bonchev–Trinajstić information content (AvgIpc) is 3.09. The fourth-order valence-electron chi connectivity index (χ4n) is 4.25. The highest BCUT2D eigenvalue weighted by atomic mass is 35.5. The minimum atomic E-state index is -0.183. The van der Waals surface area contributed by atoms with E-state index < -0.39 is 0 Å². The lowest BCUT2D eigenvalue weighted by Gasteiger charge is -2.24. The first-order chi connectivity index (χ1) is 12.6. The van der Waals surface area contributed by atoms with Crippen molar-refractivity contribution < 1.29 is 9.53 Å². The average molecular weight is 376 g/mol. The van der Waals surface area contributed by atoms with E-state index in [2.05, 4.69) is 21.7 Å². The van der Waals surface area contributed by atoms with Crippen LogP contribution < -0.4 is 15.4 Å². The topological polar surface area (TPSA) is 80.6 Å². The molecule has 3 aliphatic heterocycles. The lowest BCUT2D eigenvalue weighted by Crippen LogP contribution is -2.50. The fourth-order valence-corrected chi connectivity index (χ4v) is 4.45. The Morgan fingerprint density at radius 1 is 1.42 bits per heavy atom. The number of nitrogens with one attached hydrogen (secondary N) is 2. The number of amides is 2. The number of hydrogen-bond donors (Lipinski definition) is 2.